The number of carbonyl (C=O) groups excluding carboxylic acids is 1. The molecule has 0 aliphatic heterocycles. The summed E-state index contributed by atoms with van der Waals surface area (Å²) in [5.41, 5.74) is -0.182. The summed E-state index contributed by atoms with van der Waals surface area (Å²) in [7, 11) is 0. The van der Waals surface area contributed by atoms with E-state index in [0.29, 0.717) is 24.5 Å². The first-order chi connectivity index (χ1) is 17.2. The maximum absolute atomic E-state index is 12.3. The minimum atomic E-state index is -0.237. The molecule has 4 nitrogen and oxygen atoms in total. The average molecular weight is 489 g/mol. The topological polar surface area (TPSA) is 52.6 Å². The van der Waals surface area contributed by atoms with Crippen LogP contribution in [0.4, 0.5) is 0 Å². The van der Waals surface area contributed by atoms with E-state index in [4.69, 9.17) is 9.47 Å². The van der Waals surface area contributed by atoms with Gasteiger partial charge in [-0.1, -0.05) is 123 Å². The number of rotatable bonds is 23. The van der Waals surface area contributed by atoms with Gasteiger partial charge in [0.05, 0.1) is 6.61 Å². The number of carbonyl (C=O) groups is 1. The van der Waals surface area contributed by atoms with E-state index in [1.165, 1.54) is 102 Å². The van der Waals surface area contributed by atoms with E-state index in [-0.39, 0.29) is 11.4 Å². The summed E-state index contributed by atoms with van der Waals surface area (Å²) in [5.74, 6) is 0.485. The summed E-state index contributed by atoms with van der Waals surface area (Å²) < 4.78 is 11.1. The summed E-state index contributed by atoms with van der Waals surface area (Å²) in [6, 6.07) is 6.27. The molecule has 4 heteroatoms. The molecular weight excluding hydrogens is 436 g/mol. The fourth-order valence-corrected chi connectivity index (χ4v) is 4.26. The van der Waals surface area contributed by atoms with Crippen LogP contribution in [0.3, 0.4) is 0 Å². The van der Waals surface area contributed by atoms with Crippen LogP contribution in [0, 0.1) is 0 Å². The molecule has 0 saturated heterocycles. The van der Waals surface area contributed by atoms with Gasteiger partial charge in [0.25, 0.3) is 0 Å². The fourth-order valence-electron chi connectivity index (χ4n) is 4.26. The molecule has 0 saturated carbocycles. The first-order valence-corrected chi connectivity index (χ1v) is 14.6. The molecule has 0 bridgehead atoms. The van der Waals surface area contributed by atoms with Crippen LogP contribution < -0.4 is 14.9 Å². The second-order valence-corrected chi connectivity index (χ2v) is 9.88. The van der Waals surface area contributed by atoms with E-state index in [2.05, 4.69) is 13.8 Å². The van der Waals surface area contributed by atoms with E-state index in [1.807, 2.05) is 0 Å². The van der Waals surface area contributed by atoms with Gasteiger partial charge >= 0.3 is 5.97 Å². The van der Waals surface area contributed by atoms with Crippen molar-refractivity contribution in [2.24, 2.45) is 0 Å². The van der Waals surface area contributed by atoms with Crippen molar-refractivity contribution < 1.29 is 14.3 Å². The van der Waals surface area contributed by atoms with E-state index < -0.39 is 0 Å². The Labute approximate surface area is 215 Å². The van der Waals surface area contributed by atoms with Crippen molar-refractivity contribution >= 4 is 5.97 Å². The van der Waals surface area contributed by atoms with E-state index in [0.717, 1.165) is 25.7 Å². The van der Waals surface area contributed by atoms with Gasteiger partial charge in [0.2, 0.25) is 5.43 Å². The SMILES string of the molecule is CCCCCCCCCCCCOc1ccc(OC(=O)CCCCCCCCCCC)ccc1=O. The third-order valence-corrected chi connectivity index (χ3v) is 6.51. The summed E-state index contributed by atoms with van der Waals surface area (Å²) in [5, 5.41) is 0. The molecule has 0 aliphatic rings. The maximum Gasteiger partial charge on any atom is 0.311 e. The van der Waals surface area contributed by atoms with Crippen molar-refractivity contribution in [1.82, 2.24) is 0 Å². The Hall–Kier alpha value is -1.84. The minimum absolute atomic E-state index is 0.182. The van der Waals surface area contributed by atoms with Crippen LogP contribution in [0.25, 0.3) is 0 Å². The second kappa shape index (κ2) is 22.6. The largest absolute Gasteiger partial charge is 0.489 e. The molecule has 1 aromatic rings. The lowest BCUT2D eigenvalue weighted by atomic mass is 10.1. The van der Waals surface area contributed by atoms with E-state index in [9.17, 15) is 9.59 Å². The van der Waals surface area contributed by atoms with Crippen LogP contribution in [0.15, 0.2) is 29.1 Å². The highest BCUT2D eigenvalue weighted by Gasteiger charge is 2.06. The van der Waals surface area contributed by atoms with Gasteiger partial charge < -0.3 is 9.47 Å². The predicted molar refractivity (Wildman–Crippen MR) is 148 cm³/mol. The zero-order valence-corrected chi connectivity index (χ0v) is 22.8. The van der Waals surface area contributed by atoms with Crippen LogP contribution in [-0.2, 0) is 4.79 Å². The van der Waals surface area contributed by atoms with Crippen LogP contribution in [0.1, 0.15) is 142 Å². The van der Waals surface area contributed by atoms with Crippen LogP contribution in [-0.4, -0.2) is 12.6 Å². The smallest absolute Gasteiger partial charge is 0.311 e. The lowest BCUT2D eigenvalue weighted by molar-refractivity contribution is -0.134. The predicted octanol–water partition coefficient (Wildman–Crippen LogP) is 9.17. The minimum Gasteiger partial charge on any atom is -0.489 e. The number of ether oxygens (including phenoxy) is 2. The third kappa shape index (κ3) is 18.1. The molecule has 1 rings (SSSR count). The molecular formula is C31H52O4. The average Bonchev–Trinajstić information content (AvgIpc) is 3.02. The molecule has 0 heterocycles. The first-order valence-electron chi connectivity index (χ1n) is 14.6. The van der Waals surface area contributed by atoms with Gasteiger partial charge in [-0.15, -0.1) is 0 Å². The number of unbranched alkanes of at least 4 members (excludes halogenated alkanes) is 17. The number of hydrogen-bond donors (Lipinski definition) is 0. The number of esters is 1. The Balaban J connectivity index is 2.16. The zero-order chi connectivity index (χ0) is 25.4. The molecule has 0 aromatic heterocycles. The van der Waals surface area contributed by atoms with Crippen molar-refractivity contribution in [1.29, 1.82) is 0 Å². The van der Waals surface area contributed by atoms with Gasteiger partial charge in [-0.25, -0.2) is 0 Å². The number of hydrogen-bond acceptors (Lipinski definition) is 4. The molecule has 0 aliphatic carbocycles. The Bertz CT molecular complexity index is 701. The Morgan fingerprint density at radius 1 is 0.600 bits per heavy atom. The maximum atomic E-state index is 12.3. The molecule has 0 spiro atoms. The van der Waals surface area contributed by atoms with Crippen molar-refractivity contribution in [3.8, 4) is 11.5 Å². The summed E-state index contributed by atoms with van der Waals surface area (Å²) >= 11 is 0. The molecule has 0 fully saturated rings. The van der Waals surface area contributed by atoms with Gasteiger partial charge in [-0.05, 0) is 37.1 Å². The Kier molecular flexibility index (Phi) is 20.2. The molecule has 0 amide bonds. The lowest BCUT2D eigenvalue weighted by Crippen LogP contribution is -2.07. The summed E-state index contributed by atoms with van der Waals surface area (Å²) in [4.78, 5) is 24.4. The molecule has 0 unspecified atom stereocenters. The standard InChI is InChI=1S/C31H52O4/c1-3-5-7-9-11-13-15-17-19-21-27-34-30-26-24-28(23-25-29(30)32)35-31(33)22-20-18-16-14-12-10-8-6-4-2/h23-26H,3-22,27H2,1-2H3. The van der Waals surface area contributed by atoms with Crippen molar-refractivity contribution in [2.45, 2.75) is 142 Å². The van der Waals surface area contributed by atoms with E-state index in [1.54, 1.807) is 18.2 Å². The molecule has 35 heavy (non-hydrogen) atoms. The normalized spacial score (nSPS) is 10.9. The molecule has 1 aromatic carbocycles. The molecule has 0 N–H and O–H groups in total. The molecule has 0 atom stereocenters. The Morgan fingerprint density at radius 3 is 1.60 bits per heavy atom. The van der Waals surface area contributed by atoms with Gasteiger partial charge in [0.1, 0.15) is 5.75 Å². The fraction of sp³-hybridized carbons (Fsp3) is 0.742. The van der Waals surface area contributed by atoms with Gasteiger partial charge in [-0.2, -0.15) is 0 Å². The molecule has 0 radical (unpaired) electrons. The third-order valence-electron chi connectivity index (χ3n) is 6.51. The highest BCUT2D eigenvalue weighted by Crippen LogP contribution is 2.15. The van der Waals surface area contributed by atoms with Crippen molar-refractivity contribution in [3.63, 3.8) is 0 Å². The second-order valence-electron chi connectivity index (χ2n) is 9.88. The van der Waals surface area contributed by atoms with Gasteiger partial charge in [0, 0.05) is 6.42 Å². The van der Waals surface area contributed by atoms with Crippen molar-refractivity contribution in [2.75, 3.05) is 6.61 Å². The van der Waals surface area contributed by atoms with Crippen LogP contribution in [0.5, 0.6) is 11.5 Å². The molecule has 200 valence electrons. The van der Waals surface area contributed by atoms with E-state index >= 15 is 0 Å². The van der Waals surface area contributed by atoms with Crippen LogP contribution >= 0.6 is 0 Å². The van der Waals surface area contributed by atoms with Crippen molar-refractivity contribution in [3.05, 3.63) is 34.5 Å². The summed E-state index contributed by atoms with van der Waals surface area (Å²) in [6.45, 7) is 5.03. The summed E-state index contributed by atoms with van der Waals surface area (Å²) in [6.07, 6.45) is 24.0. The van der Waals surface area contributed by atoms with Crippen LogP contribution in [0.2, 0.25) is 0 Å². The quantitative estimate of drug-likeness (QED) is 0.114. The van der Waals surface area contributed by atoms with Gasteiger partial charge in [0.15, 0.2) is 5.75 Å². The van der Waals surface area contributed by atoms with Gasteiger partial charge in [-0.3, -0.25) is 9.59 Å². The highest BCUT2D eigenvalue weighted by atomic mass is 16.5. The monoisotopic (exact) mass is 488 g/mol. The first kappa shape index (κ1) is 31.2. The highest BCUT2D eigenvalue weighted by molar-refractivity contribution is 5.72. The zero-order valence-electron chi connectivity index (χ0n) is 22.8. The lowest BCUT2D eigenvalue weighted by Gasteiger charge is -2.04. The Morgan fingerprint density at radius 2 is 1.06 bits per heavy atom.